The van der Waals surface area contributed by atoms with Crippen LogP contribution in [0.4, 0.5) is 0 Å². The molecule has 12 heteroatoms. The molecule has 546 valence electrons. The molecule has 3 saturated carbocycles. The Labute approximate surface area is 583 Å². The van der Waals surface area contributed by atoms with Crippen LogP contribution in [0.5, 0.6) is 0 Å². The molecule has 11 nitrogen and oxygen atoms in total. The first kappa shape index (κ1) is 100. The fourth-order valence-corrected chi connectivity index (χ4v) is 7.71. The van der Waals surface area contributed by atoms with Crippen LogP contribution in [-0.4, -0.2) is 139 Å². The first-order chi connectivity index (χ1) is 43.3. The highest BCUT2D eigenvalue weighted by molar-refractivity contribution is 7.09. The first-order valence-corrected chi connectivity index (χ1v) is 36.3. The number of methoxy groups -OCH3 is 1. The third-order valence-corrected chi connectivity index (χ3v) is 14.0. The standard InChI is InChI=1S/C7H14.C7H8.C6H13N.C6H7N.C6H12O.C5H12N2.C5H11NO.2C5H6O.C5H10.C5H12.C4H5NS.C4H8.C4H10.C3H8.C2H6O.2CH4/c3*1-7-5-3-2-4-6-7;1-6-4-2-3-5-7-6;1-6-2-4-7-5-3-6;1-7-4-2-6-3-5-7;1-6-2-4-7-5-3-6;1-5-2-3-6-4-5;1-5-3-2-4-6-5;1-2-5-3-4-5;1-5(2,3)4;1-4-5-2-3-6-4;1-4-2-3-4;1-4(2)3;2*1-3-2;;/h7H,2-6H2,1H3;2-6H,1H3;2-6H2,1H3;2-5H,1H3;2*6H,2-5H2,1H3;2-5H2,1H3;2*2-4H,1H3;5H,2-4H2,1H3;1-4H3;2-3H,1H3;4H,2-3H2,1H3;4H,1-3H3;3H2,1-2H3;1-2H3;2*1H4. The van der Waals surface area contributed by atoms with Gasteiger partial charge in [0.15, 0.2) is 0 Å². The number of furan rings is 2. The van der Waals surface area contributed by atoms with Gasteiger partial charge in [-0.1, -0.05) is 224 Å². The molecule has 7 aliphatic rings. The van der Waals surface area contributed by atoms with Gasteiger partial charge in [-0.25, -0.2) is 0 Å². The fourth-order valence-electron chi connectivity index (χ4n) is 7.27. The van der Waals surface area contributed by atoms with E-state index in [1.807, 2.05) is 87.7 Å². The summed E-state index contributed by atoms with van der Waals surface area (Å²) in [6, 6.07) is 21.8. The van der Waals surface area contributed by atoms with Gasteiger partial charge in [0.2, 0.25) is 0 Å². The lowest BCUT2D eigenvalue weighted by Gasteiger charge is -2.21. The molecule has 4 aromatic heterocycles. The van der Waals surface area contributed by atoms with Crippen molar-refractivity contribution in [2.45, 2.75) is 242 Å². The van der Waals surface area contributed by atoms with Gasteiger partial charge in [0, 0.05) is 90.2 Å². The molecule has 4 saturated heterocycles. The Hall–Kier alpha value is -3.72. The minimum Gasteiger partial charge on any atom is -0.472 e. The van der Waals surface area contributed by atoms with Crippen molar-refractivity contribution in [2.24, 2.45) is 35.0 Å². The molecule has 8 heterocycles. The molecule has 12 rings (SSSR count). The number of morpholine rings is 1. The Morgan fingerprint density at radius 2 is 1.01 bits per heavy atom. The number of rotatable bonds is 1. The summed E-state index contributed by atoms with van der Waals surface area (Å²) in [6.45, 7) is 52.0. The van der Waals surface area contributed by atoms with Crippen LogP contribution in [-0.2, 0) is 14.2 Å². The van der Waals surface area contributed by atoms with Crippen LogP contribution in [0.15, 0.2) is 112 Å². The van der Waals surface area contributed by atoms with Crippen LogP contribution >= 0.6 is 11.3 Å². The Bertz CT molecular complexity index is 1800. The largest absolute Gasteiger partial charge is 0.472 e. The molecular weight excluding hydrogens is 1170 g/mol. The van der Waals surface area contributed by atoms with E-state index in [2.05, 4.69) is 165 Å². The number of piperazine rings is 1. The molecule has 0 amide bonds. The maximum atomic E-state index is 5.14. The molecule has 5 aromatic rings. The number of pyridine rings is 1. The number of aryl methyl sites for hydroxylation is 5. The summed E-state index contributed by atoms with van der Waals surface area (Å²) < 4.78 is 24.0. The van der Waals surface area contributed by atoms with Gasteiger partial charge in [-0.2, -0.15) is 0 Å². The van der Waals surface area contributed by atoms with Crippen LogP contribution in [0.3, 0.4) is 0 Å². The number of likely N-dealkylation sites (N-methyl/N-ethyl adjacent to an activating group) is 2. The Morgan fingerprint density at radius 1 is 0.548 bits per heavy atom. The van der Waals surface area contributed by atoms with Crippen molar-refractivity contribution < 1.29 is 23.0 Å². The van der Waals surface area contributed by atoms with Crippen LogP contribution < -0.4 is 5.32 Å². The van der Waals surface area contributed by atoms with Gasteiger partial charge in [-0.15, -0.1) is 11.3 Å². The number of hydrogen-bond donors (Lipinski definition) is 1. The van der Waals surface area contributed by atoms with E-state index in [9.17, 15) is 0 Å². The van der Waals surface area contributed by atoms with Gasteiger partial charge in [-0.3, -0.25) is 9.97 Å². The number of likely N-dealkylation sites (tertiary alicyclic amines) is 1. The van der Waals surface area contributed by atoms with E-state index < -0.39 is 0 Å². The molecule has 0 bridgehead atoms. The molecular formula is C81H156N6O5S. The van der Waals surface area contributed by atoms with E-state index in [-0.39, 0.29) is 14.9 Å². The maximum absolute atomic E-state index is 5.14. The van der Waals surface area contributed by atoms with E-state index in [0.717, 1.165) is 98.7 Å². The number of nitrogens with one attached hydrogen (secondary N) is 1. The van der Waals surface area contributed by atoms with Crippen molar-refractivity contribution in [3.63, 3.8) is 0 Å². The second kappa shape index (κ2) is 74.1. The Balaban J connectivity index is -0.000000218. The van der Waals surface area contributed by atoms with Crippen molar-refractivity contribution >= 4 is 11.3 Å². The molecule has 0 unspecified atom stereocenters. The predicted octanol–water partition coefficient (Wildman–Crippen LogP) is 22.5. The van der Waals surface area contributed by atoms with E-state index in [1.165, 1.54) is 140 Å². The average Bonchev–Trinajstić information content (AvgIpc) is 4.55. The highest BCUT2D eigenvalue weighted by Crippen LogP contribution is 2.31. The SMILES string of the molecule is C.C.CC(C)(C)C.CC(C)C.CC1CC1.CC1CCCCC1.CC1CCOCC1.CCC.CCC1CC1.CN1CCCCC1.CN1CCNCC1.CN1CCOCC1.COC.Cc1ccccc1.Cc1ccccn1.Cc1ccco1.Cc1ccoc1.Cc1nccs1. The number of ether oxygens (including phenoxy) is 3. The molecule has 0 radical (unpaired) electrons. The van der Waals surface area contributed by atoms with Gasteiger partial charge in [0.05, 0.1) is 37.0 Å². The number of thiazole rings is 1. The minimum absolute atomic E-state index is 0. The lowest BCUT2D eigenvalue weighted by atomic mass is 9.91. The van der Waals surface area contributed by atoms with Crippen LogP contribution in [0.2, 0.25) is 0 Å². The van der Waals surface area contributed by atoms with Crippen molar-refractivity contribution in [3.05, 3.63) is 131 Å². The van der Waals surface area contributed by atoms with Crippen LogP contribution in [0, 0.1) is 69.6 Å². The van der Waals surface area contributed by atoms with E-state index >= 15 is 0 Å². The second-order valence-electron chi connectivity index (χ2n) is 27.5. The van der Waals surface area contributed by atoms with E-state index in [4.69, 9.17) is 18.3 Å². The number of aromatic nitrogens is 2. The highest BCUT2D eigenvalue weighted by atomic mass is 32.1. The summed E-state index contributed by atoms with van der Waals surface area (Å²) in [6.07, 6.45) is 31.5. The lowest BCUT2D eigenvalue weighted by Crippen LogP contribution is -2.40. The zero-order valence-electron chi connectivity index (χ0n) is 63.7. The van der Waals surface area contributed by atoms with Crippen LogP contribution in [0.1, 0.15) is 235 Å². The van der Waals surface area contributed by atoms with Gasteiger partial charge in [0.25, 0.3) is 0 Å². The third kappa shape index (κ3) is 99.5. The fraction of sp³-hybridized carbons (Fsp3) is 0.728. The summed E-state index contributed by atoms with van der Waals surface area (Å²) >= 11 is 1.67. The average molecular weight is 1330 g/mol. The number of hydrogen-bond acceptors (Lipinski definition) is 12. The molecule has 0 spiro atoms. The van der Waals surface area contributed by atoms with Crippen molar-refractivity contribution in [1.29, 1.82) is 0 Å². The quantitative estimate of drug-likeness (QED) is 0.174. The summed E-state index contributed by atoms with van der Waals surface area (Å²) in [5.74, 6) is 5.97. The summed E-state index contributed by atoms with van der Waals surface area (Å²) in [4.78, 5) is 14.9. The van der Waals surface area contributed by atoms with E-state index in [0.29, 0.717) is 5.41 Å². The Kier molecular flexibility index (Phi) is 79.9. The van der Waals surface area contributed by atoms with Crippen molar-refractivity contribution in [3.8, 4) is 0 Å². The summed E-state index contributed by atoms with van der Waals surface area (Å²) in [5, 5.41) is 6.38. The summed E-state index contributed by atoms with van der Waals surface area (Å²) in [7, 11) is 9.71. The van der Waals surface area contributed by atoms with Gasteiger partial charge < -0.3 is 43.1 Å². The molecule has 3 aliphatic carbocycles. The molecule has 4 aliphatic heterocycles. The van der Waals surface area contributed by atoms with Crippen LogP contribution in [0.25, 0.3) is 0 Å². The number of nitrogens with zero attached hydrogens (tertiary/aromatic N) is 5. The third-order valence-electron chi connectivity index (χ3n) is 13.3. The topological polar surface area (TPSA) is 102 Å². The highest BCUT2D eigenvalue weighted by Gasteiger charge is 2.17. The van der Waals surface area contributed by atoms with Crippen molar-refractivity contribution in [1.82, 2.24) is 30.0 Å². The minimum atomic E-state index is 0. The predicted molar refractivity (Wildman–Crippen MR) is 415 cm³/mol. The number of piperidine rings is 1. The Morgan fingerprint density at radius 3 is 1.19 bits per heavy atom. The van der Waals surface area contributed by atoms with Gasteiger partial charge in [-0.05, 0) is 165 Å². The second-order valence-corrected chi connectivity index (χ2v) is 28.6. The normalized spacial score (nSPS) is 16.3. The monoisotopic (exact) mass is 1330 g/mol. The van der Waals surface area contributed by atoms with Gasteiger partial charge in [0.1, 0.15) is 5.76 Å². The molecule has 1 N–H and O–H groups in total. The first-order valence-electron chi connectivity index (χ1n) is 35.4. The summed E-state index contributed by atoms with van der Waals surface area (Å²) in [5.41, 5.74) is 4.07. The van der Waals surface area contributed by atoms with E-state index in [1.54, 1.807) is 56.7 Å². The van der Waals surface area contributed by atoms with Gasteiger partial charge >= 0.3 is 0 Å². The number of benzene rings is 1. The zero-order valence-corrected chi connectivity index (χ0v) is 64.5. The molecule has 7 fully saturated rings. The molecule has 0 atom stereocenters. The molecule has 93 heavy (non-hydrogen) atoms. The smallest absolute Gasteiger partial charge is 0.100 e. The van der Waals surface area contributed by atoms with Crippen molar-refractivity contribution in [2.75, 3.05) is 114 Å². The lowest BCUT2D eigenvalue weighted by molar-refractivity contribution is 0.0503. The molecule has 1 aromatic carbocycles. The maximum Gasteiger partial charge on any atom is 0.100 e. The zero-order chi connectivity index (χ0) is 69.2.